The van der Waals surface area contributed by atoms with Crippen LogP contribution in [0.25, 0.3) is 5.70 Å². The molecule has 1 aliphatic heterocycles. The van der Waals surface area contributed by atoms with Crippen molar-refractivity contribution in [2.75, 3.05) is 0 Å². The molecule has 70 valence electrons. The fourth-order valence-corrected chi connectivity index (χ4v) is 1.62. The number of rotatable bonds is 1. The molecule has 0 radical (unpaired) electrons. The molecule has 1 aliphatic rings. The van der Waals surface area contributed by atoms with Crippen molar-refractivity contribution in [2.24, 2.45) is 10.2 Å². The van der Waals surface area contributed by atoms with Crippen molar-refractivity contribution in [1.29, 1.82) is 0 Å². The fraction of sp³-hybridized carbons (Fsp3) is 0.182. The van der Waals surface area contributed by atoms with E-state index in [9.17, 15) is 4.79 Å². The fourth-order valence-electron chi connectivity index (χ4n) is 1.62. The molecule has 0 unspecified atom stereocenters. The molecule has 1 aromatic carbocycles. The van der Waals surface area contributed by atoms with E-state index in [1.54, 1.807) is 0 Å². The number of carbonyl (C=O) groups excluding carboxylic acids is 1. The SMILES string of the molecule is Cc1cccc(C)c1C1=CC(=O)N=N1. The lowest BCUT2D eigenvalue weighted by Gasteiger charge is -2.06. The van der Waals surface area contributed by atoms with Crippen LogP contribution in [0.1, 0.15) is 16.7 Å². The molecular weight excluding hydrogens is 176 g/mol. The van der Waals surface area contributed by atoms with Gasteiger partial charge in [0.25, 0.3) is 5.91 Å². The van der Waals surface area contributed by atoms with Crippen LogP contribution in [0.4, 0.5) is 0 Å². The van der Waals surface area contributed by atoms with E-state index in [-0.39, 0.29) is 5.91 Å². The topological polar surface area (TPSA) is 41.8 Å². The first-order valence-electron chi connectivity index (χ1n) is 4.42. The number of nitrogens with zero attached hydrogens (tertiary/aromatic N) is 2. The molecule has 0 spiro atoms. The predicted molar refractivity (Wildman–Crippen MR) is 53.8 cm³/mol. The number of azo groups is 1. The second-order valence-corrected chi connectivity index (χ2v) is 3.33. The summed E-state index contributed by atoms with van der Waals surface area (Å²) in [5.41, 5.74) is 3.92. The van der Waals surface area contributed by atoms with E-state index >= 15 is 0 Å². The zero-order valence-corrected chi connectivity index (χ0v) is 8.11. The molecule has 3 heteroatoms. The van der Waals surface area contributed by atoms with E-state index in [4.69, 9.17) is 0 Å². The van der Waals surface area contributed by atoms with Gasteiger partial charge in [-0.25, -0.2) is 0 Å². The van der Waals surface area contributed by atoms with Gasteiger partial charge in [0.2, 0.25) is 0 Å². The largest absolute Gasteiger partial charge is 0.290 e. The average molecular weight is 186 g/mol. The van der Waals surface area contributed by atoms with Crippen LogP contribution in [0, 0.1) is 13.8 Å². The number of carbonyl (C=O) groups is 1. The van der Waals surface area contributed by atoms with Gasteiger partial charge >= 0.3 is 0 Å². The van der Waals surface area contributed by atoms with Crippen molar-refractivity contribution in [3.05, 3.63) is 41.0 Å². The molecule has 1 aromatic rings. The molecule has 0 aromatic heterocycles. The molecule has 2 rings (SSSR count). The minimum absolute atomic E-state index is 0.275. The summed E-state index contributed by atoms with van der Waals surface area (Å²) in [5, 5.41) is 7.31. The van der Waals surface area contributed by atoms with Crippen LogP contribution in [-0.4, -0.2) is 5.91 Å². The van der Waals surface area contributed by atoms with Crippen LogP contribution in [-0.2, 0) is 4.79 Å². The molecule has 0 atom stereocenters. The standard InChI is InChI=1S/C11H10N2O/c1-7-4-3-5-8(2)11(7)9-6-10(14)13-12-9/h3-6H,1-2H3. The Morgan fingerprint density at radius 1 is 1.07 bits per heavy atom. The Morgan fingerprint density at radius 2 is 1.71 bits per heavy atom. The maximum atomic E-state index is 10.9. The molecule has 0 N–H and O–H groups in total. The molecule has 1 heterocycles. The van der Waals surface area contributed by atoms with Gasteiger partial charge in [-0.1, -0.05) is 18.2 Å². The summed E-state index contributed by atoms with van der Waals surface area (Å²) in [5.74, 6) is -0.275. The van der Waals surface area contributed by atoms with Crippen LogP contribution in [0.2, 0.25) is 0 Å². The zero-order valence-electron chi connectivity index (χ0n) is 8.11. The lowest BCUT2D eigenvalue weighted by atomic mass is 10.0. The first-order chi connectivity index (χ1) is 6.68. The number of aryl methyl sites for hydroxylation is 2. The Hall–Kier alpha value is -1.77. The third-order valence-corrected chi connectivity index (χ3v) is 2.25. The van der Waals surface area contributed by atoms with E-state index in [2.05, 4.69) is 10.2 Å². The summed E-state index contributed by atoms with van der Waals surface area (Å²) in [6, 6.07) is 5.99. The van der Waals surface area contributed by atoms with E-state index in [0.29, 0.717) is 5.70 Å². The van der Waals surface area contributed by atoms with E-state index < -0.39 is 0 Å². The molecule has 1 amide bonds. The van der Waals surface area contributed by atoms with Crippen LogP contribution < -0.4 is 0 Å². The molecule has 0 fully saturated rings. The van der Waals surface area contributed by atoms with Crippen LogP contribution in [0.15, 0.2) is 34.5 Å². The monoisotopic (exact) mass is 186 g/mol. The highest BCUT2D eigenvalue weighted by Crippen LogP contribution is 2.26. The highest BCUT2D eigenvalue weighted by molar-refractivity contribution is 5.99. The Bertz CT molecular complexity index is 438. The van der Waals surface area contributed by atoms with Gasteiger partial charge in [0.1, 0.15) is 0 Å². The first-order valence-corrected chi connectivity index (χ1v) is 4.42. The van der Waals surface area contributed by atoms with Gasteiger partial charge < -0.3 is 0 Å². The van der Waals surface area contributed by atoms with E-state index in [1.807, 2.05) is 32.0 Å². The van der Waals surface area contributed by atoms with Gasteiger partial charge in [0, 0.05) is 11.6 Å². The van der Waals surface area contributed by atoms with Crippen LogP contribution in [0.5, 0.6) is 0 Å². The third kappa shape index (κ3) is 1.37. The van der Waals surface area contributed by atoms with Crippen molar-refractivity contribution in [1.82, 2.24) is 0 Å². The maximum Gasteiger partial charge on any atom is 0.290 e. The van der Waals surface area contributed by atoms with E-state index in [1.165, 1.54) is 6.08 Å². The molecule has 14 heavy (non-hydrogen) atoms. The van der Waals surface area contributed by atoms with Crippen molar-refractivity contribution < 1.29 is 4.79 Å². The minimum Gasteiger partial charge on any atom is -0.266 e. The van der Waals surface area contributed by atoms with E-state index in [0.717, 1.165) is 16.7 Å². The molecule has 0 bridgehead atoms. The predicted octanol–water partition coefficient (Wildman–Crippen LogP) is 2.64. The van der Waals surface area contributed by atoms with Gasteiger partial charge in [-0.15, -0.1) is 10.2 Å². The number of amides is 1. The summed E-state index contributed by atoms with van der Waals surface area (Å²) >= 11 is 0. The summed E-state index contributed by atoms with van der Waals surface area (Å²) in [7, 11) is 0. The van der Waals surface area contributed by atoms with Crippen molar-refractivity contribution >= 4 is 11.6 Å². The average Bonchev–Trinajstić information content (AvgIpc) is 2.51. The van der Waals surface area contributed by atoms with Gasteiger partial charge in [0.05, 0.1) is 5.70 Å². The Kier molecular flexibility index (Phi) is 2.00. The van der Waals surface area contributed by atoms with Crippen molar-refractivity contribution in [3.8, 4) is 0 Å². The number of hydrogen-bond donors (Lipinski definition) is 0. The lowest BCUT2D eigenvalue weighted by molar-refractivity contribution is -0.113. The summed E-state index contributed by atoms with van der Waals surface area (Å²) in [4.78, 5) is 10.9. The zero-order chi connectivity index (χ0) is 10.1. The Balaban J connectivity index is 2.57. The Labute approximate surface area is 82.2 Å². The van der Waals surface area contributed by atoms with Crippen molar-refractivity contribution in [3.63, 3.8) is 0 Å². The quantitative estimate of drug-likeness (QED) is 0.664. The molecule has 0 aliphatic carbocycles. The highest BCUT2D eigenvalue weighted by Gasteiger charge is 2.13. The lowest BCUT2D eigenvalue weighted by Crippen LogP contribution is -1.90. The minimum atomic E-state index is -0.275. The summed E-state index contributed by atoms with van der Waals surface area (Å²) in [6.45, 7) is 4.00. The Morgan fingerprint density at radius 3 is 2.21 bits per heavy atom. The highest BCUT2D eigenvalue weighted by atomic mass is 16.1. The normalized spacial score (nSPS) is 14.7. The van der Waals surface area contributed by atoms with Gasteiger partial charge in [-0.05, 0) is 25.0 Å². The van der Waals surface area contributed by atoms with Crippen molar-refractivity contribution in [2.45, 2.75) is 13.8 Å². The molecule has 0 saturated heterocycles. The summed E-state index contributed by atoms with van der Waals surface area (Å²) in [6.07, 6.45) is 1.47. The molecule has 3 nitrogen and oxygen atoms in total. The van der Waals surface area contributed by atoms with Crippen LogP contribution in [0.3, 0.4) is 0 Å². The third-order valence-electron chi connectivity index (χ3n) is 2.25. The smallest absolute Gasteiger partial charge is 0.266 e. The second-order valence-electron chi connectivity index (χ2n) is 3.33. The number of benzene rings is 1. The van der Waals surface area contributed by atoms with Gasteiger partial charge in [0.15, 0.2) is 0 Å². The second kappa shape index (κ2) is 3.18. The van der Waals surface area contributed by atoms with Gasteiger partial charge in [-0.2, -0.15) is 0 Å². The summed E-state index contributed by atoms with van der Waals surface area (Å²) < 4.78 is 0. The van der Waals surface area contributed by atoms with Crippen LogP contribution >= 0.6 is 0 Å². The molecular formula is C11H10N2O. The number of hydrogen-bond acceptors (Lipinski definition) is 2. The first kappa shape index (κ1) is 8.81. The molecule has 0 saturated carbocycles. The van der Waals surface area contributed by atoms with Gasteiger partial charge in [-0.3, -0.25) is 4.79 Å². The maximum absolute atomic E-state index is 10.9.